The van der Waals surface area contributed by atoms with Gasteiger partial charge in [-0.05, 0) is 43.9 Å². The summed E-state index contributed by atoms with van der Waals surface area (Å²) in [7, 11) is 0. The minimum Gasteiger partial charge on any atom is -0.393 e. The Morgan fingerprint density at radius 3 is 2.38 bits per heavy atom. The quantitative estimate of drug-likeness (QED) is 0.470. The van der Waals surface area contributed by atoms with Gasteiger partial charge in [0.2, 0.25) is 17.8 Å². The summed E-state index contributed by atoms with van der Waals surface area (Å²) in [5.41, 5.74) is 4.56. The molecule has 9 heteroatoms. The van der Waals surface area contributed by atoms with E-state index in [0.29, 0.717) is 82.1 Å². The highest BCUT2D eigenvalue weighted by atomic mass is 16.5. The molecule has 194 valence electrons. The van der Waals surface area contributed by atoms with Crippen molar-refractivity contribution in [2.24, 2.45) is 0 Å². The number of ketones is 1. The normalized spacial score (nSPS) is 16.6. The molecule has 37 heavy (non-hydrogen) atoms. The number of carbonyl (C=O) groups is 1. The molecule has 9 nitrogen and oxygen atoms in total. The van der Waals surface area contributed by atoms with Crippen LogP contribution in [-0.4, -0.2) is 71.3 Å². The van der Waals surface area contributed by atoms with Crippen LogP contribution >= 0.6 is 0 Å². The summed E-state index contributed by atoms with van der Waals surface area (Å²) in [4.78, 5) is 31.5. The summed E-state index contributed by atoms with van der Waals surface area (Å²) in [6.07, 6.45) is 1.44. The first-order valence-electron chi connectivity index (χ1n) is 12.9. The summed E-state index contributed by atoms with van der Waals surface area (Å²) in [5.74, 6) is 1.69. The van der Waals surface area contributed by atoms with Crippen LogP contribution in [0.5, 0.6) is 0 Å². The third-order valence-electron chi connectivity index (χ3n) is 6.91. The molecular weight excluding hydrogens is 468 g/mol. The van der Waals surface area contributed by atoms with Gasteiger partial charge in [0.1, 0.15) is 0 Å². The first-order valence-corrected chi connectivity index (χ1v) is 12.9. The Bertz CT molecular complexity index is 1250. The fraction of sp³-hybridized carbons (Fsp3) is 0.429. The zero-order valence-electron chi connectivity index (χ0n) is 21.5. The van der Waals surface area contributed by atoms with E-state index in [2.05, 4.69) is 15.1 Å². The smallest absolute Gasteiger partial charge is 0.233 e. The number of aryl methyl sites for hydroxylation is 2. The van der Waals surface area contributed by atoms with E-state index < -0.39 is 0 Å². The lowest BCUT2D eigenvalue weighted by molar-refractivity contribution is 0.0993. The van der Waals surface area contributed by atoms with Gasteiger partial charge in [0.15, 0.2) is 5.78 Å². The molecule has 2 aliphatic heterocycles. The van der Waals surface area contributed by atoms with Gasteiger partial charge in [-0.15, -0.1) is 0 Å². The van der Waals surface area contributed by atoms with Gasteiger partial charge in [-0.3, -0.25) is 4.79 Å². The number of piperidine rings is 1. The van der Waals surface area contributed by atoms with Crippen molar-refractivity contribution >= 4 is 29.3 Å². The van der Waals surface area contributed by atoms with Gasteiger partial charge in [0.25, 0.3) is 0 Å². The minimum atomic E-state index is -0.280. The number of nitrogens with zero attached hydrogens (tertiary/aromatic N) is 5. The number of aromatic nitrogens is 3. The molecule has 3 heterocycles. The second-order valence-electron chi connectivity index (χ2n) is 9.82. The third kappa shape index (κ3) is 6.23. The van der Waals surface area contributed by atoms with Crippen LogP contribution in [0.4, 0.5) is 23.5 Å². The highest BCUT2D eigenvalue weighted by Gasteiger charge is 2.23. The van der Waals surface area contributed by atoms with E-state index in [9.17, 15) is 9.90 Å². The summed E-state index contributed by atoms with van der Waals surface area (Å²) in [5, 5.41) is 13.3. The van der Waals surface area contributed by atoms with Crippen molar-refractivity contribution in [3.05, 3.63) is 64.7 Å². The molecule has 2 fully saturated rings. The largest absolute Gasteiger partial charge is 0.393 e. The van der Waals surface area contributed by atoms with Crippen LogP contribution in [0.2, 0.25) is 0 Å². The van der Waals surface area contributed by atoms with Crippen LogP contribution in [0.1, 0.15) is 39.9 Å². The zero-order chi connectivity index (χ0) is 25.8. The standard InChI is InChI=1S/C28H34N6O3/c1-19-4-3-5-21(16-19)17-25(36)22-7-6-20(2)24(18-22)29-26-30-27(33-10-8-23(35)9-11-33)32-28(31-26)34-12-14-37-15-13-34/h3-7,16,18,23,35H,8-15,17H2,1-2H3,(H,29,30,31,32). The maximum Gasteiger partial charge on any atom is 0.233 e. The monoisotopic (exact) mass is 502 g/mol. The van der Waals surface area contributed by atoms with Crippen molar-refractivity contribution in [1.82, 2.24) is 15.0 Å². The Kier molecular flexibility index (Phi) is 7.62. The maximum absolute atomic E-state index is 13.1. The lowest BCUT2D eigenvalue weighted by Crippen LogP contribution is -2.39. The van der Waals surface area contributed by atoms with Crippen molar-refractivity contribution in [3.8, 4) is 0 Å². The number of Topliss-reactive ketones (excluding diaryl/α,β-unsaturated/α-hetero) is 1. The summed E-state index contributed by atoms with van der Waals surface area (Å²) in [6, 6.07) is 13.7. The second kappa shape index (κ2) is 11.2. The number of anilines is 4. The fourth-order valence-electron chi connectivity index (χ4n) is 4.68. The molecule has 0 aliphatic carbocycles. The molecule has 2 saturated heterocycles. The van der Waals surface area contributed by atoms with E-state index in [0.717, 1.165) is 22.4 Å². The van der Waals surface area contributed by atoms with Gasteiger partial charge in [-0.25, -0.2) is 0 Å². The van der Waals surface area contributed by atoms with Crippen LogP contribution in [0, 0.1) is 13.8 Å². The van der Waals surface area contributed by atoms with Crippen LogP contribution in [-0.2, 0) is 11.2 Å². The lowest BCUT2D eigenvalue weighted by Gasteiger charge is -2.31. The number of aliphatic hydroxyl groups is 1. The molecule has 0 spiro atoms. The molecule has 0 unspecified atom stereocenters. The van der Waals surface area contributed by atoms with E-state index in [1.807, 2.05) is 56.3 Å². The first-order chi connectivity index (χ1) is 17.9. The van der Waals surface area contributed by atoms with Gasteiger partial charge in [0.05, 0.1) is 19.3 Å². The van der Waals surface area contributed by atoms with Crippen LogP contribution in [0.25, 0.3) is 0 Å². The zero-order valence-corrected chi connectivity index (χ0v) is 21.5. The van der Waals surface area contributed by atoms with Gasteiger partial charge < -0.3 is 25.0 Å². The predicted octanol–water partition coefficient (Wildman–Crippen LogP) is 3.46. The van der Waals surface area contributed by atoms with Crippen LogP contribution in [0.15, 0.2) is 42.5 Å². The van der Waals surface area contributed by atoms with Crippen molar-refractivity contribution in [2.45, 2.75) is 39.2 Å². The van der Waals surface area contributed by atoms with E-state index >= 15 is 0 Å². The number of rotatable bonds is 7. The number of hydrogen-bond donors (Lipinski definition) is 2. The summed E-state index contributed by atoms with van der Waals surface area (Å²) in [6.45, 7) is 8.08. The number of ether oxygens (including phenoxy) is 1. The molecule has 0 bridgehead atoms. The Hall–Kier alpha value is -3.56. The molecule has 2 aliphatic rings. The summed E-state index contributed by atoms with van der Waals surface area (Å²) >= 11 is 0. The van der Waals surface area contributed by atoms with Crippen molar-refractivity contribution < 1.29 is 14.6 Å². The van der Waals surface area contributed by atoms with Crippen LogP contribution in [0.3, 0.4) is 0 Å². The van der Waals surface area contributed by atoms with E-state index in [1.54, 1.807) is 0 Å². The SMILES string of the molecule is Cc1cccc(CC(=O)c2ccc(C)c(Nc3nc(N4CCOCC4)nc(N4CCC(O)CC4)n3)c2)c1. The molecule has 1 aromatic heterocycles. The van der Waals surface area contributed by atoms with Gasteiger partial charge in [-0.1, -0.05) is 42.0 Å². The van der Waals surface area contributed by atoms with E-state index in [1.165, 1.54) is 0 Å². The Morgan fingerprint density at radius 1 is 0.973 bits per heavy atom. The third-order valence-corrected chi connectivity index (χ3v) is 6.91. The highest BCUT2D eigenvalue weighted by molar-refractivity contribution is 5.98. The number of morpholine rings is 1. The average Bonchev–Trinajstić information content (AvgIpc) is 2.90. The fourth-order valence-corrected chi connectivity index (χ4v) is 4.68. The van der Waals surface area contributed by atoms with E-state index in [4.69, 9.17) is 19.7 Å². The highest BCUT2D eigenvalue weighted by Crippen LogP contribution is 2.25. The summed E-state index contributed by atoms with van der Waals surface area (Å²) < 4.78 is 5.51. The van der Waals surface area contributed by atoms with Crippen molar-refractivity contribution in [2.75, 3.05) is 54.5 Å². The van der Waals surface area contributed by atoms with Crippen molar-refractivity contribution in [3.63, 3.8) is 0 Å². The number of hydrogen-bond acceptors (Lipinski definition) is 9. The predicted molar refractivity (Wildman–Crippen MR) is 144 cm³/mol. The molecule has 0 amide bonds. The minimum absolute atomic E-state index is 0.0610. The Balaban J connectivity index is 1.41. The molecule has 0 atom stereocenters. The number of carbonyl (C=O) groups excluding carboxylic acids is 1. The molecule has 2 aromatic carbocycles. The molecule has 5 rings (SSSR count). The number of nitrogens with one attached hydrogen (secondary N) is 1. The van der Waals surface area contributed by atoms with Crippen molar-refractivity contribution in [1.29, 1.82) is 0 Å². The second-order valence-corrected chi connectivity index (χ2v) is 9.82. The first kappa shape index (κ1) is 25.1. The average molecular weight is 503 g/mol. The molecule has 3 aromatic rings. The van der Waals surface area contributed by atoms with Crippen LogP contribution < -0.4 is 15.1 Å². The number of benzene rings is 2. The lowest BCUT2D eigenvalue weighted by atomic mass is 10.00. The van der Waals surface area contributed by atoms with Gasteiger partial charge in [0, 0.05) is 43.9 Å². The maximum atomic E-state index is 13.1. The Morgan fingerprint density at radius 2 is 1.68 bits per heavy atom. The number of aliphatic hydroxyl groups excluding tert-OH is 1. The topological polar surface area (TPSA) is 104 Å². The molecule has 0 radical (unpaired) electrons. The Labute approximate surface area is 217 Å². The van der Waals surface area contributed by atoms with Gasteiger partial charge >= 0.3 is 0 Å². The molecule has 0 saturated carbocycles. The molecule has 2 N–H and O–H groups in total. The molecular formula is C28H34N6O3. The van der Waals surface area contributed by atoms with Gasteiger partial charge in [-0.2, -0.15) is 15.0 Å². The van der Waals surface area contributed by atoms with E-state index in [-0.39, 0.29) is 11.9 Å².